The summed E-state index contributed by atoms with van der Waals surface area (Å²) in [5.74, 6) is -0.0213. The fourth-order valence-electron chi connectivity index (χ4n) is 3.36. The predicted molar refractivity (Wildman–Crippen MR) is 94.7 cm³/mol. The zero-order valence-corrected chi connectivity index (χ0v) is 14.8. The third-order valence-corrected chi connectivity index (χ3v) is 4.88. The molecule has 6 nitrogen and oxygen atoms in total. The first-order chi connectivity index (χ1) is 12.1. The van der Waals surface area contributed by atoms with Crippen molar-refractivity contribution in [2.75, 3.05) is 13.1 Å². The molecule has 0 aromatic heterocycles. The highest BCUT2D eigenvalue weighted by atomic mass is 16.6. The van der Waals surface area contributed by atoms with Crippen LogP contribution in [0, 0.1) is 0 Å². The Balaban J connectivity index is 1.57. The Morgan fingerprint density at radius 1 is 1.28 bits per heavy atom. The molecule has 2 unspecified atom stereocenters. The van der Waals surface area contributed by atoms with Crippen molar-refractivity contribution < 1.29 is 14.3 Å². The Morgan fingerprint density at radius 2 is 2.00 bits per heavy atom. The average molecular weight is 345 g/mol. The smallest absolute Gasteiger partial charge is 0.410 e. The van der Waals surface area contributed by atoms with Gasteiger partial charge in [-0.25, -0.2) is 4.79 Å². The first kappa shape index (κ1) is 17.7. The highest BCUT2D eigenvalue weighted by molar-refractivity contribution is 5.82. The molecule has 2 fully saturated rings. The number of nitrogens with two attached hydrogens (primary N) is 1. The summed E-state index contributed by atoms with van der Waals surface area (Å²) < 4.78 is 5.47. The lowest BCUT2D eigenvalue weighted by atomic mass is 10.2. The van der Waals surface area contributed by atoms with Crippen LogP contribution in [-0.2, 0) is 16.1 Å². The van der Waals surface area contributed by atoms with E-state index >= 15 is 0 Å². The van der Waals surface area contributed by atoms with E-state index in [-0.39, 0.29) is 24.6 Å². The lowest BCUT2D eigenvalue weighted by molar-refractivity contribution is -0.133. The van der Waals surface area contributed by atoms with E-state index in [1.165, 1.54) is 0 Å². The summed E-state index contributed by atoms with van der Waals surface area (Å²) in [6.45, 7) is 3.24. The molecule has 2 aliphatic rings. The minimum Gasteiger partial charge on any atom is -0.445 e. The van der Waals surface area contributed by atoms with Crippen LogP contribution in [0.1, 0.15) is 38.2 Å². The summed E-state index contributed by atoms with van der Waals surface area (Å²) in [5.41, 5.74) is 6.76. The van der Waals surface area contributed by atoms with Gasteiger partial charge in [-0.3, -0.25) is 4.79 Å². The van der Waals surface area contributed by atoms with Crippen LogP contribution in [0.2, 0.25) is 0 Å². The Bertz CT molecular complexity index is 601. The highest BCUT2D eigenvalue weighted by Crippen LogP contribution is 2.30. The topological polar surface area (TPSA) is 75.9 Å². The van der Waals surface area contributed by atoms with Crippen LogP contribution in [0.25, 0.3) is 0 Å². The van der Waals surface area contributed by atoms with Crippen LogP contribution in [-0.4, -0.2) is 53.0 Å². The Hall–Kier alpha value is -2.08. The van der Waals surface area contributed by atoms with Gasteiger partial charge in [-0.2, -0.15) is 0 Å². The van der Waals surface area contributed by atoms with Crippen LogP contribution in [0.4, 0.5) is 4.79 Å². The van der Waals surface area contributed by atoms with Gasteiger partial charge in [0.1, 0.15) is 6.61 Å². The number of carbonyl (C=O) groups excluding carboxylic acids is 2. The average Bonchev–Trinajstić information content (AvgIpc) is 3.35. The summed E-state index contributed by atoms with van der Waals surface area (Å²) >= 11 is 0. The molecular weight excluding hydrogens is 318 g/mol. The van der Waals surface area contributed by atoms with Crippen molar-refractivity contribution in [1.29, 1.82) is 0 Å². The Kier molecular flexibility index (Phi) is 5.58. The van der Waals surface area contributed by atoms with Gasteiger partial charge < -0.3 is 20.3 Å². The van der Waals surface area contributed by atoms with Crippen LogP contribution in [0.15, 0.2) is 30.3 Å². The maximum absolute atomic E-state index is 12.5. The van der Waals surface area contributed by atoms with E-state index in [1.54, 1.807) is 11.8 Å². The van der Waals surface area contributed by atoms with Gasteiger partial charge in [-0.1, -0.05) is 30.3 Å². The minimum atomic E-state index is -0.500. The summed E-state index contributed by atoms with van der Waals surface area (Å²) in [6.07, 6.45) is 3.61. The largest absolute Gasteiger partial charge is 0.445 e. The molecule has 1 aliphatic heterocycles. The van der Waals surface area contributed by atoms with Crippen molar-refractivity contribution in [3.8, 4) is 0 Å². The number of carbonyl (C=O) groups is 2. The first-order valence-corrected chi connectivity index (χ1v) is 9.09. The van der Waals surface area contributed by atoms with Crippen LogP contribution in [0.3, 0.4) is 0 Å². The zero-order chi connectivity index (χ0) is 17.8. The molecule has 1 aromatic rings. The van der Waals surface area contributed by atoms with E-state index in [9.17, 15) is 9.59 Å². The van der Waals surface area contributed by atoms with Crippen molar-refractivity contribution in [3.05, 3.63) is 35.9 Å². The summed E-state index contributed by atoms with van der Waals surface area (Å²) in [5, 5.41) is 0. The molecule has 0 radical (unpaired) electrons. The van der Waals surface area contributed by atoms with E-state index < -0.39 is 6.04 Å². The number of ether oxygens (including phenoxy) is 1. The Morgan fingerprint density at radius 3 is 2.64 bits per heavy atom. The number of hydrogen-bond donors (Lipinski definition) is 1. The van der Waals surface area contributed by atoms with E-state index in [4.69, 9.17) is 10.5 Å². The second-order valence-corrected chi connectivity index (χ2v) is 7.04. The van der Waals surface area contributed by atoms with Crippen molar-refractivity contribution in [2.45, 2.75) is 57.3 Å². The van der Waals surface area contributed by atoms with Gasteiger partial charge in [0.25, 0.3) is 0 Å². The molecule has 0 spiro atoms. The molecule has 2 amide bonds. The van der Waals surface area contributed by atoms with Gasteiger partial charge >= 0.3 is 6.09 Å². The number of amides is 2. The van der Waals surface area contributed by atoms with Crippen LogP contribution < -0.4 is 5.73 Å². The molecule has 3 rings (SSSR count). The number of hydrogen-bond acceptors (Lipinski definition) is 4. The standard InChI is InChI=1S/C19H27N3O3/c1-14(20)18(23)22(16-9-10-16)12-17-8-5-11-21(17)19(24)25-13-15-6-3-2-4-7-15/h2-4,6-7,14,16-17H,5,8-13,20H2,1H3. The maximum Gasteiger partial charge on any atom is 0.410 e. The molecule has 25 heavy (non-hydrogen) atoms. The van der Waals surface area contributed by atoms with Gasteiger partial charge in [0.15, 0.2) is 0 Å². The van der Waals surface area contributed by atoms with Crippen LogP contribution >= 0.6 is 0 Å². The van der Waals surface area contributed by atoms with Crippen molar-refractivity contribution in [2.24, 2.45) is 5.73 Å². The number of benzene rings is 1. The number of rotatable bonds is 6. The minimum absolute atomic E-state index is 0.0200. The van der Waals surface area contributed by atoms with Crippen molar-refractivity contribution >= 4 is 12.0 Å². The second kappa shape index (κ2) is 7.87. The molecule has 136 valence electrons. The van der Waals surface area contributed by atoms with Crippen molar-refractivity contribution in [1.82, 2.24) is 9.80 Å². The SMILES string of the molecule is CC(N)C(=O)N(CC1CCCN1C(=O)OCc1ccccc1)C1CC1. The second-order valence-electron chi connectivity index (χ2n) is 7.04. The van der Waals surface area contributed by atoms with E-state index in [0.29, 0.717) is 19.1 Å². The van der Waals surface area contributed by atoms with E-state index in [2.05, 4.69) is 0 Å². The summed E-state index contributed by atoms with van der Waals surface area (Å²) in [6, 6.07) is 9.47. The molecule has 1 saturated carbocycles. The highest BCUT2D eigenvalue weighted by Gasteiger charge is 2.38. The van der Waals surface area contributed by atoms with Crippen molar-refractivity contribution in [3.63, 3.8) is 0 Å². The fourth-order valence-corrected chi connectivity index (χ4v) is 3.36. The third kappa shape index (κ3) is 4.51. The molecule has 1 saturated heterocycles. The van der Waals surface area contributed by atoms with Gasteiger partial charge in [0.2, 0.25) is 5.91 Å². The van der Waals surface area contributed by atoms with Gasteiger partial charge in [-0.15, -0.1) is 0 Å². The third-order valence-electron chi connectivity index (χ3n) is 4.88. The molecule has 2 atom stereocenters. The molecular formula is C19H27N3O3. The molecule has 1 heterocycles. The number of likely N-dealkylation sites (tertiary alicyclic amines) is 1. The van der Waals surface area contributed by atoms with Gasteiger partial charge in [0, 0.05) is 19.1 Å². The predicted octanol–water partition coefficient (Wildman–Crippen LogP) is 2.13. The molecule has 2 N–H and O–H groups in total. The molecule has 6 heteroatoms. The van der Waals surface area contributed by atoms with Crippen LogP contribution in [0.5, 0.6) is 0 Å². The lowest BCUT2D eigenvalue weighted by Gasteiger charge is -2.31. The van der Waals surface area contributed by atoms with Gasteiger partial charge in [-0.05, 0) is 38.2 Å². The molecule has 1 aliphatic carbocycles. The molecule has 1 aromatic carbocycles. The maximum atomic E-state index is 12.5. The monoisotopic (exact) mass is 345 g/mol. The lowest BCUT2D eigenvalue weighted by Crippen LogP contribution is -2.50. The molecule has 0 bridgehead atoms. The van der Waals surface area contributed by atoms with E-state index in [0.717, 1.165) is 31.2 Å². The zero-order valence-electron chi connectivity index (χ0n) is 14.8. The summed E-state index contributed by atoms with van der Waals surface area (Å²) in [4.78, 5) is 28.5. The normalized spacial score (nSPS) is 21.0. The quantitative estimate of drug-likeness (QED) is 0.857. The fraction of sp³-hybridized carbons (Fsp3) is 0.579. The van der Waals surface area contributed by atoms with Gasteiger partial charge in [0.05, 0.1) is 12.1 Å². The summed E-state index contributed by atoms with van der Waals surface area (Å²) in [7, 11) is 0. The number of nitrogens with zero attached hydrogens (tertiary/aromatic N) is 2. The van der Waals surface area contributed by atoms with E-state index in [1.807, 2.05) is 35.2 Å². The first-order valence-electron chi connectivity index (χ1n) is 9.09. The Labute approximate surface area is 148 Å².